The van der Waals surface area contributed by atoms with Crippen molar-refractivity contribution in [1.29, 1.82) is 0 Å². The highest BCUT2D eigenvalue weighted by Crippen LogP contribution is 2.16. The van der Waals surface area contributed by atoms with Crippen molar-refractivity contribution in [2.45, 2.75) is 52.6 Å². The van der Waals surface area contributed by atoms with Crippen LogP contribution in [0.4, 0.5) is 5.13 Å². The Labute approximate surface area is 102 Å². The van der Waals surface area contributed by atoms with E-state index in [4.69, 9.17) is 5.73 Å². The molecule has 0 aliphatic heterocycles. The first-order valence-corrected chi connectivity index (χ1v) is 6.80. The van der Waals surface area contributed by atoms with Gasteiger partial charge in [0.25, 0.3) is 0 Å². The van der Waals surface area contributed by atoms with Crippen LogP contribution in [0.5, 0.6) is 0 Å². The summed E-state index contributed by atoms with van der Waals surface area (Å²) in [4.78, 5) is 2.46. The fraction of sp³-hybridized carbons (Fsp3) is 0.818. The van der Waals surface area contributed by atoms with Crippen LogP contribution in [-0.2, 0) is 6.54 Å². The van der Waals surface area contributed by atoms with Crippen molar-refractivity contribution in [2.24, 2.45) is 0 Å². The number of nitrogens with two attached hydrogens (primary N) is 1. The highest BCUT2D eigenvalue weighted by molar-refractivity contribution is 7.15. The van der Waals surface area contributed by atoms with Crippen molar-refractivity contribution >= 4 is 16.5 Å². The maximum absolute atomic E-state index is 5.59. The van der Waals surface area contributed by atoms with Crippen LogP contribution in [0, 0.1) is 0 Å². The van der Waals surface area contributed by atoms with Gasteiger partial charge >= 0.3 is 0 Å². The number of unbranched alkanes of at least 4 members (excludes halogenated alkanes) is 1. The molecule has 0 aliphatic rings. The number of nitrogen functional groups attached to an aromatic ring is 1. The summed E-state index contributed by atoms with van der Waals surface area (Å²) in [6.07, 6.45) is 3.63. The maximum Gasteiger partial charge on any atom is 0.203 e. The fourth-order valence-electron chi connectivity index (χ4n) is 1.58. The number of hydrogen-bond acceptors (Lipinski definition) is 5. The largest absolute Gasteiger partial charge is 0.374 e. The quantitative estimate of drug-likeness (QED) is 0.798. The second-order valence-corrected chi connectivity index (χ2v) is 5.21. The van der Waals surface area contributed by atoms with E-state index in [0.717, 1.165) is 24.5 Å². The number of aromatic nitrogens is 2. The van der Waals surface area contributed by atoms with Gasteiger partial charge in [0.05, 0.1) is 6.54 Å². The van der Waals surface area contributed by atoms with E-state index in [9.17, 15) is 0 Å². The summed E-state index contributed by atoms with van der Waals surface area (Å²) >= 11 is 1.49. The monoisotopic (exact) mass is 242 g/mol. The van der Waals surface area contributed by atoms with Crippen LogP contribution in [-0.4, -0.2) is 27.7 Å². The molecule has 5 heteroatoms. The Morgan fingerprint density at radius 3 is 2.62 bits per heavy atom. The molecule has 0 amide bonds. The van der Waals surface area contributed by atoms with Crippen molar-refractivity contribution in [2.75, 3.05) is 12.3 Å². The van der Waals surface area contributed by atoms with Crippen LogP contribution >= 0.6 is 11.3 Å². The predicted octanol–water partition coefficient (Wildman–Crippen LogP) is 2.52. The summed E-state index contributed by atoms with van der Waals surface area (Å²) < 4.78 is 0. The molecule has 0 radical (unpaired) electrons. The number of hydrogen-bond donors (Lipinski definition) is 1. The smallest absolute Gasteiger partial charge is 0.203 e. The molecule has 0 bridgehead atoms. The molecule has 92 valence electrons. The van der Waals surface area contributed by atoms with Crippen molar-refractivity contribution in [3.05, 3.63) is 5.01 Å². The average molecular weight is 242 g/mol. The van der Waals surface area contributed by atoms with Crippen LogP contribution in [0.3, 0.4) is 0 Å². The summed E-state index contributed by atoms with van der Waals surface area (Å²) in [6, 6.07) is 0.594. The molecule has 0 aliphatic carbocycles. The van der Waals surface area contributed by atoms with E-state index in [-0.39, 0.29) is 0 Å². The predicted molar refractivity (Wildman–Crippen MR) is 69.4 cm³/mol. The van der Waals surface area contributed by atoms with Gasteiger partial charge in [-0.15, -0.1) is 10.2 Å². The summed E-state index contributed by atoms with van der Waals surface area (Å²) in [5, 5.41) is 9.52. The van der Waals surface area contributed by atoms with Gasteiger partial charge in [-0.25, -0.2) is 0 Å². The number of rotatable bonds is 7. The van der Waals surface area contributed by atoms with Gasteiger partial charge in [0, 0.05) is 6.04 Å². The molecule has 16 heavy (non-hydrogen) atoms. The van der Waals surface area contributed by atoms with E-state index in [1.807, 2.05) is 0 Å². The van der Waals surface area contributed by atoms with Crippen molar-refractivity contribution in [1.82, 2.24) is 15.1 Å². The third-order valence-corrected chi connectivity index (χ3v) is 3.57. The van der Waals surface area contributed by atoms with Gasteiger partial charge in [-0.1, -0.05) is 31.6 Å². The van der Waals surface area contributed by atoms with Gasteiger partial charge in [0.1, 0.15) is 5.01 Å². The lowest BCUT2D eigenvalue weighted by Crippen LogP contribution is -2.33. The van der Waals surface area contributed by atoms with Gasteiger partial charge in [-0.05, 0) is 26.3 Å². The summed E-state index contributed by atoms with van der Waals surface area (Å²) in [5.41, 5.74) is 5.59. The minimum Gasteiger partial charge on any atom is -0.374 e. The Morgan fingerprint density at radius 2 is 2.12 bits per heavy atom. The Kier molecular flexibility index (Phi) is 5.69. The van der Waals surface area contributed by atoms with Crippen molar-refractivity contribution in [3.8, 4) is 0 Å². The van der Waals surface area contributed by atoms with Gasteiger partial charge in [-0.3, -0.25) is 4.90 Å². The molecule has 1 unspecified atom stereocenters. The molecule has 0 spiro atoms. The molecule has 1 rings (SSSR count). The molecular formula is C11H22N4S. The average Bonchev–Trinajstić information content (AvgIpc) is 2.69. The van der Waals surface area contributed by atoms with Crippen molar-refractivity contribution in [3.63, 3.8) is 0 Å². The Morgan fingerprint density at radius 1 is 1.38 bits per heavy atom. The minimum absolute atomic E-state index is 0.564. The zero-order valence-electron chi connectivity index (χ0n) is 10.4. The minimum atomic E-state index is 0.564. The van der Waals surface area contributed by atoms with E-state index >= 15 is 0 Å². The number of anilines is 1. The van der Waals surface area contributed by atoms with Crippen LogP contribution in [0.1, 0.15) is 45.0 Å². The first kappa shape index (κ1) is 13.4. The number of nitrogens with zero attached hydrogens (tertiary/aromatic N) is 3. The van der Waals surface area contributed by atoms with Crippen LogP contribution < -0.4 is 5.73 Å². The highest BCUT2D eigenvalue weighted by Gasteiger charge is 2.14. The Hall–Kier alpha value is -0.680. The lowest BCUT2D eigenvalue weighted by Gasteiger charge is -2.27. The third kappa shape index (κ3) is 4.06. The van der Waals surface area contributed by atoms with E-state index < -0.39 is 0 Å². The molecule has 1 heterocycles. The molecule has 1 aromatic rings. The van der Waals surface area contributed by atoms with E-state index in [2.05, 4.69) is 35.9 Å². The van der Waals surface area contributed by atoms with Crippen molar-refractivity contribution < 1.29 is 0 Å². The van der Waals surface area contributed by atoms with Crippen LogP contribution in [0.15, 0.2) is 0 Å². The van der Waals surface area contributed by atoms with Gasteiger partial charge in [0.2, 0.25) is 5.13 Å². The molecule has 0 saturated heterocycles. The van der Waals surface area contributed by atoms with E-state index in [1.165, 1.54) is 24.2 Å². The molecule has 0 fully saturated rings. The van der Waals surface area contributed by atoms with Gasteiger partial charge in [-0.2, -0.15) is 0 Å². The highest BCUT2D eigenvalue weighted by atomic mass is 32.1. The summed E-state index contributed by atoms with van der Waals surface area (Å²) in [7, 11) is 0. The second-order valence-electron chi connectivity index (χ2n) is 4.12. The lowest BCUT2D eigenvalue weighted by molar-refractivity contribution is 0.191. The zero-order valence-corrected chi connectivity index (χ0v) is 11.3. The summed E-state index contributed by atoms with van der Waals surface area (Å²) in [6.45, 7) is 8.71. The molecule has 2 N–H and O–H groups in total. The molecule has 0 saturated carbocycles. The van der Waals surface area contributed by atoms with E-state index in [1.54, 1.807) is 0 Å². The molecule has 4 nitrogen and oxygen atoms in total. The van der Waals surface area contributed by atoms with Gasteiger partial charge < -0.3 is 5.73 Å². The summed E-state index contributed by atoms with van der Waals surface area (Å²) in [5.74, 6) is 0. The van der Waals surface area contributed by atoms with Crippen LogP contribution in [0.2, 0.25) is 0 Å². The standard InChI is InChI=1S/C11H22N4S/c1-4-6-7-15(9(3)5-2)8-10-13-14-11(12)16-10/h9H,4-8H2,1-3H3,(H2,12,14). The van der Waals surface area contributed by atoms with Gasteiger partial charge in [0.15, 0.2) is 0 Å². The SMILES string of the molecule is CCCCN(Cc1nnc(N)s1)C(C)CC. The normalized spacial score (nSPS) is 13.2. The van der Waals surface area contributed by atoms with E-state index in [0.29, 0.717) is 11.2 Å². The molecule has 0 aromatic carbocycles. The molecule has 1 atom stereocenters. The third-order valence-electron chi connectivity index (χ3n) is 2.83. The molecular weight excluding hydrogens is 220 g/mol. The topological polar surface area (TPSA) is 55.0 Å². The Balaban J connectivity index is 2.55. The first-order chi connectivity index (χ1) is 7.67. The van der Waals surface area contributed by atoms with Crippen LogP contribution in [0.25, 0.3) is 0 Å². The lowest BCUT2D eigenvalue weighted by atomic mass is 10.2. The Bertz CT molecular complexity index is 300. The fourth-order valence-corrected chi connectivity index (χ4v) is 2.21. The maximum atomic E-state index is 5.59. The molecule has 1 aromatic heterocycles. The first-order valence-electron chi connectivity index (χ1n) is 5.99. The zero-order chi connectivity index (χ0) is 12.0. The second kappa shape index (κ2) is 6.81.